The van der Waals surface area contributed by atoms with Gasteiger partial charge in [-0.15, -0.1) is 0 Å². The van der Waals surface area contributed by atoms with E-state index in [9.17, 15) is 4.79 Å². The summed E-state index contributed by atoms with van der Waals surface area (Å²) in [7, 11) is 0. The van der Waals surface area contributed by atoms with E-state index >= 15 is 0 Å². The van der Waals surface area contributed by atoms with Gasteiger partial charge in [-0.1, -0.05) is 6.92 Å². The summed E-state index contributed by atoms with van der Waals surface area (Å²) in [4.78, 5) is 13.5. The summed E-state index contributed by atoms with van der Waals surface area (Å²) >= 11 is 0. The van der Waals surface area contributed by atoms with Crippen LogP contribution in [0.25, 0.3) is 0 Å². The van der Waals surface area contributed by atoms with Crippen molar-refractivity contribution in [3.63, 3.8) is 0 Å². The second-order valence-corrected chi connectivity index (χ2v) is 4.30. The van der Waals surface area contributed by atoms with Gasteiger partial charge in [0.15, 0.2) is 0 Å². The first kappa shape index (κ1) is 10.4. The van der Waals surface area contributed by atoms with Crippen LogP contribution >= 0.6 is 0 Å². The lowest BCUT2D eigenvalue weighted by atomic mass is 10.0. The summed E-state index contributed by atoms with van der Waals surface area (Å²) in [5.41, 5.74) is 0. The molecule has 2 amide bonds. The number of carbonyl (C=O) groups is 1. The SMILES string of the molecule is CC1CCCN(C(=O)NC(C)C)C1. The third kappa shape index (κ3) is 3.25. The second-order valence-electron chi connectivity index (χ2n) is 4.30. The molecule has 0 aliphatic carbocycles. The molecule has 1 fully saturated rings. The lowest BCUT2D eigenvalue weighted by molar-refractivity contribution is 0.167. The summed E-state index contributed by atoms with van der Waals surface area (Å²) in [6, 6.07) is 0.339. The summed E-state index contributed by atoms with van der Waals surface area (Å²) in [5.74, 6) is 0.659. The number of nitrogens with one attached hydrogen (secondary N) is 1. The minimum Gasteiger partial charge on any atom is -0.336 e. The predicted molar refractivity (Wildman–Crippen MR) is 53.6 cm³/mol. The number of piperidine rings is 1. The zero-order valence-electron chi connectivity index (χ0n) is 8.84. The Morgan fingerprint density at radius 3 is 2.77 bits per heavy atom. The number of likely N-dealkylation sites (tertiary alicyclic amines) is 1. The Morgan fingerprint density at radius 1 is 1.54 bits per heavy atom. The summed E-state index contributed by atoms with van der Waals surface area (Å²) in [6.07, 6.45) is 2.40. The van der Waals surface area contributed by atoms with Crippen molar-refractivity contribution in [3.05, 3.63) is 0 Å². The van der Waals surface area contributed by atoms with Crippen LogP contribution in [0.4, 0.5) is 4.79 Å². The first-order chi connectivity index (χ1) is 6.09. The normalized spacial score (nSPS) is 23.4. The first-order valence-electron chi connectivity index (χ1n) is 5.15. The van der Waals surface area contributed by atoms with E-state index in [0.29, 0.717) is 5.92 Å². The van der Waals surface area contributed by atoms with Crippen LogP contribution in [0.5, 0.6) is 0 Å². The Morgan fingerprint density at radius 2 is 2.23 bits per heavy atom. The average Bonchev–Trinajstić information content (AvgIpc) is 2.03. The maximum absolute atomic E-state index is 11.6. The molecular formula is C10H20N2O. The van der Waals surface area contributed by atoms with Gasteiger partial charge in [0, 0.05) is 19.1 Å². The fourth-order valence-electron chi connectivity index (χ4n) is 1.71. The zero-order chi connectivity index (χ0) is 9.84. The van der Waals surface area contributed by atoms with Gasteiger partial charge < -0.3 is 10.2 Å². The second kappa shape index (κ2) is 4.49. The monoisotopic (exact) mass is 184 g/mol. The lowest BCUT2D eigenvalue weighted by Gasteiger charge is -2.31. The van der Waals surface area contributed by atoms with Gasteiger partial charge in [0.1, 0.15) is 0 Å². The minimum atomic E-state index is 0.0987. The van der Waals surface area contributed by atoms with Gasteiger partial charge in [-0.25, -0.2) is 4.79 Å². The number of hydrogen-bond donors (Lipinski definition) is 1. The molecule has 0 aromatic heterocycles. The minimum absolute atomic E-state index is 0.0987. The van der Waals surface area contributed by atoms with Crippen molar-refractivity contribution in [2.45, 2.75) is 39.7 Å². The van der Waals surface area contributed by atoms with E-state index < -0.39 is 0 Å². The molecule has 76 valence electrons. The molecule has 1 aliphatic rings. The number of carbonyl (C=O) groups excluding carboxylic acids is 1. The summed E-state index contributed by atoms with van der Waals surface area (Å²) in [6.45, 7) is 8.02. The average molecular weight is 184 g/mol. The van der Waals surface area contributed by atoms with E-state index in [1.807, 2.05) is 18.7 Å². The van der Waals surface area contributed by atoms with E-state index in [-0.39, 0.29) is 12.1 Å². The topological polar surface area (TPSA) is 32.3 Å². The zero-order valence-corrected chi connectivity index (χ0v) is 8.84. The fourth-order valence-corrected chi connectivity index (χ4v) is 1.71. The highest BCUT2D eigenvalue weighted by Gasteiger charge is 2.20. The van der Waals surface area contributed by atoms with Crippen LogP contribution in [0, 0.1) is 5.92 Å². The Bertz CT molecular complexity index is 180. The molecule has 1 saturated heterocycles. The van der Waals surface area contributed by atoms with Crippen molar-refractivity contribution >= 4 is 6.03 Å². The third-order valence-electron chi connectivity index (χ3n) is 2.36. The van der Waals surface area contributed by atoms with Crippen molar-refractivity contribution in [1.29, 1.82) is 0 Å². The highest BCUT2D eigenvalue weighted by atomic mass is 16.2. The van der Waals surface area contributed by atoms with Gasteiger partial charge in [0.05, 0.1) is 0 Å². The van der Waals surface area contributed by atoms with Gasteiger partial charge in [-0.05, 0) is 32.6 Å². The first-order valence-corrected chi connectivity index (χ1v) is 5.15. The van der Waals surface area contributed by atoms with Gasteiger partial charge in [0.25, 0.3) is 0 Å². The van der Waals surface area contributed by atoms with Crippen LogP contribution < -0.4 is 5.32 Å². The molecule has 1 rings (SSSR count). The molecule has 1 heterocycles. The van der Waals surface area contributed by atoms with Crippen LogP contribution in [0.2, 0.25) is 0 Å². The molecule has 13 heavy (non-hydrogen) atoms. The molecule has 0 aromatic rings. The van der Waals surface area contributed by atoms with Crippen LogP contribution in [0.3, 0.4) is 0 Å². The van der Waals surface area contributed by atoms with Gasteiger partial charge >= 0.3 is 6.03 Å². The van der Waals surface area contributed by atoms with Crippen molar-refractivity contribution in [3.8, 4) is 0 Å². The standard InChI is InChI=1S/C10H20N2O/c1-8(2)11-10(13)12-6-4-5-9(3)7-12/h8-9H,4-7H2,1-3H3,(H,11,13). The highest BCUT2D eigenvalue weighted by Crippen LogP contribution is 2.15. The molecule has 0 saturated carbocycles. The molecule has 1 unspecified atom stereocenters. The molecule has 3 heteroatoms. The van der Waals surface area contributed by atoms with Crippen molar-refractivity contribution in [1.82, 2.24) is 10.2 Å². The van der Waals surface area contributed by atoms with Gasteiger partial charge in [0.2, 0.25) is 0 Å². The molecular weight excluding hydrogens is 164 g/mol. The molecule has 0 radical (unpaired) electrons. The van der Waals surface area contributed by atoms with Crippen molar-refractivity contribution in [2.75, 3.05) is 13.1 Å². The van der Waals surface area contributed by atoms with E-state index in [1.54, 1.807) is 0 Å². The smallest absolute Gasteiger partial charge is 0.317 e. The van der Waals surface area contributed by atoms with Crippen LogP contribution in [0.1, 0.15) is 33.6 Å². The molecule has 1 N–H and O–H groups in total. The van der Waals surface area contributed by atoms with Crippen LogP contribution in [0.15, 0.2) is 0 Å². The Balaban J connectivity index is 2.37. The van der Waals surface area contributed by atoms with Gasteiger partial charge in [-0.2, -0.15) is 0 Å². The summed E-state index contributed by atoms with van der Waals surface area (Å²) < 4.78 is 0. The Hall–Kier alpha value is -0.730. The van der Waals surface area contributed by atoms with E-state index in [2.05, 4.69) is 12.2 Å². The maximum atomic E-state index is 11.6. The van der Waals surface area contributed by atoms with E-state index in [1.165, 1.54) is 6.42 Å². The Labute approximate surface area is 80.5 Å². The Kier molecular flexibility index (Phi) is 3.58. The molecule has 1 aliphatic heterocycles. The largest absolute Gasteiger partial charge is 0.336 e. The predicted octanol–water partition coefficient (Wildman–Crippen LogP) is 1.84. The van der Waals surface area contributed by atoms with Crippen LogP contribution in [-0.2, 0) is 0 Å². The molecule has 3 nitrogen and oxygen atoms in total. The van der Waals surface area contributed by atoms with E-state index in [0.717, 1.165) is 19.5 Å². The van der Waals surface area contributed by atoms with E-state index in [4.69, 9.17) is 0 Å². The maximum Gasteiger partial charge on any atom is 0.317 e. The fraction of sp³-hybridized carbons (Fsp3) is 0.900. The van der Waals surface area contributed by atoms with Crippen LogP contribution in [-0.4, -0.2) is 30.1 Å². The summed E-state index contributed by atoms with van der Waals surface area (Å²) in [5, 5.41) is 2.92. The highest BCUT2D eigenvalue weighted by molar-refractivity contribution is 5.74. The number of nitrogens with zero attached hydrogens (tertiary/aromatic N) is 1. The number of amides is 2. The molecule has 0 spiro atoms. The number of hydrogen-bond acceptors (Lipinski definition) is 1. The lowest BCUT2D eigenvalue weighted by Crippen LogP contribution is -2.47. The van der Waals surface area contributed by atoms with Crippen molar-refractivity contribution in [2.24, 2.45) is 5.92 Å². The molecule has 0 bridgehead atoms. The molecule has 0 aromatic carbocycles. The quantitative estimate of drug-likeness (QED) is 0.662. The third-order valence-corrected chi connectivity index (χ3v) is 2.36. The number of urea groups is 1. The van der Waals surface area contributed by atoms with Crippen molar-refractivity contribution < 1.29 is 4.79 Å². The molecule has 1 atom stereocenters. The number of rotatable bonds is 1. The van der Waals surface area contributed by atoms with Gasteiger partial charge in [-0.3, -0.25) is 0 Å².